The predicted octanol–water partition coefficient (Wildman–Crippen LogP) is 3.18. The molecule has 0 fully saturated rings. The number of benzene rings is 1. The van der Waals surface area contributed by atoms with Gasteiger partial charge in [-0.2, -0.15) is 0 Å². The lowest BCUT2D eigenvalue weighted by molar-refractivity contribution is -0.146. The van der Waals surface area contributed by atoms with Crippen molar-refractivity contribution in [3.05, 3.63) is 29.3 Å². The number of aromatic hydroxyl groups is 1. The van der Waals surface area contributed by atoms with Crippen molar-refractivity contribution in [2.45, 2.75) is 52.6 Å². The summed E-state index contributed by atoms with van der Waals surface area (Å²) in [4.78, 5) is 11.6. The van der Waals surface area contributed by atoms with Gasteiger partial charge in [0.05, 0.1) is 12.5 Å². The highest BCUT2D eigenvalue weighted by atomic mass is 16.5. The van der Waals surface area contributed by atoms with Gasteiger partial charge < -0.3 is 9.84 Å². The van der Waals surface area contributed by atoms with Gasteiger partial charge in [0.1, 0.15) is 5.75 Å². The Morgan fingerprint density at radius 1 is 1.33 bits per heavy atom. The first-order valence-corrected chi connectivity index (χ1v) is 6.22. The van der Waals surface area contributed by atoms with Crippen LogP contribution in [0.5, 0.6) is 5.75 Å². The van der Waals surface area contributed by atoms with Gasteiger partial charge in [-0.1, -0.05) is 32.9 Å². The number of carbonyl (C=O) groups excluding carboxylic acids is 1. The minimum atomic E-state index is -0.314. The average molecular weight is 250 g/mol. The molecular formula is C15H22O3. The van der Waals surface area contributed by atoms with Crippen LogP contribution >= 0.6 is 0 Å². The SMILES string of the molecule is CC(C)OC(=O)Cc1cc(C(C)(C)C)ccc1O. The van der Waals surface area contributed by atoms with Gasteiger partial charge in [-0.3, -0.25) is 4.79 Å². The third-order valence-corrected chi connectivity index (χ3v) is 2.65. The van der Waals surface area contributed by atoms with E-state index in [0.717, 1.165) is 5.56 Å². The quantitative estimate of drug-likeness (QED) is 0.838. The van der Waals surface area contributed by atoms with Crippen LogP contribution in [0.25, 0.3) is 0 Å². The van der Waals surface area contributed by atoms with Crippen LogP contribution < -0.4 is 0 Å². The van der Waals surface area contributed by atoms with Gasteiger partial charge in [-0.05, 0) is 30.9 Å². The largest absolute Gasteiger partial charge is 0.508 e. The molecule has 0 unspecified atom stereocenters. The summed E-state index contributed by atoms with van der Waals surface area (Å²) in [5, 5.41) is 9.78. The first-order valence-electron chi connectivity index (χ1n) is 6.22. The van der Waals surface area contributed by atoms with Crippen molar-refractivity contribution in [3.63, 3.8) is 0 Å². The molecule has 0 saturated carbocycles. The number of ether oxygens (including phenoxy) is 1. The summed E-state index contributed by atoms with van der Waals surface area (Å²) in [5.41, 5.74) is 1.70. The number of esters is 1. The third kappa shape index (κ3) is 4.06. The second-order valence-electron chi connectivity index (χ2n) is 5.81. The molecule has 0 atom stereocenters. The summed E-state index contributed by atoms with van der Waals surface area (Å²) >= 11 is 0. The fourth-order valence-corrected chi connectivity index (χ4v) is 1.65. The highest BCUT2D eigenvalue weighted by Crippen LogP contribution is 2.27. The Hall–Kier alpha value is -1.51. The summed E-state index contributed by atoms with van der Waals surface area (Å²) < 4.78 is 5.08. The summed E-state index contributed by atoms with van der Waals surface area (Å²) in [5.74, 6) is -0.171. The number of hydrogen-bond donors (Lipinski definition) is 1. The highest BCUT2D eigenvalue weighted by Gasteiger charge is 2.17. The van der Waals surface area contributed by atoms with E-state index in [0.29, 0.717) is 5.56 Å². The molecule has 1 rings (SSSR count). The van der Waals surface area contributed by atoms with Crippen LogP contribution in [0.15, 0.2) is 18.2 Å². The van der Waals surface area contributed by atoms with Crippen molar-refractivity contribution in [1.29, 1.82) is 0 Å². The molecule has 1 aromatic carbocycles. The van der Waals surface area contributed by atoms with Crippen molar-refractivity contribution < 1.29 is 14.6 Å². The van der Waals surface area contributed by atoms with Crippen LogP contribution in [0.3, 0.4) is 0 Å². The molecule has 0 aliphatic carbocycles. The number of phenols is 1. The average Bonchev–Trinajstić information content (AvgIpc) is 2.18. The highest BCUT2D eigenvalue weighted by molar-refractivity contribution is 5.73. The lowest BCUT2D eigenvalue weighted by Gasteiger charge is -2.20. The van der Waals surface area contributed by atoms with Gasteiger partial charge in [0.2, 0.25) is 0 Å². The fourth-order valence-electron chi connectivity index (χ4n) is 1.65. The maximum Gasteiger partial charge on any atom is 0.310 e. The smallest absolute Gasteiger partial charge is 0.310 e. The predicted molar refractivity (Wildman–Crippen MR) is 71.7 cm³/mol. The minimum absolute atomic E-state index is 0.00952. The Balaban J connectivity index is 2.92. The van der Waals surface area contributed by atoms with Crippen molar-refractivity contribution in [3.8, 4) is 5.75 Å². The lowest BCUT2D eigenvalue weighted by Crippen LogP contribution is -2.15. The molecule has 0 aliphatic heterocycles. The van der Waals surface area contributed by atoms with E-state index in [2.05, 4.69) is 20.8 Å². The Kier molecular flexibility index (Phi) is 4.38. The van der Waals surface area contributed by atoms with E-state index in [4.69, 9.17) is 4.74 Å². The van der Waals surface area contributed by atoms with Crippen LogP contribution in [0.2, 0.25) is 0 Å². The Bertz CT molecular complexity index is 428. The monoisotopic (exact) mass is 250 g/mol. The standard InChI is InChI=1S/C15H22O3/c1-10(2)18-14(17)9-11-8-12(15(3,4)5)6-7-13(11)16/h6-8,10,16H,9H2,1-5H3. The number of hydrogen-bond acceptors (Lipinski definition) is 3. The van der Waals surface area contributed by atoms with Crippen LogP contribution in [-0.2, 0) is 21.4 Å². The number of rotatable bonds is 3. The maximum absolute atomic E-state index is 11.6. The zero-order valence-corrected chi connectivity index (χ0v) is 11.8. The molecule has 0 heterocycles. The molecule has 1 N–H and O–H groups in total. The summed E-state index contributed by atoms with van der Waals surface area (Å²) in [7, 11) is 0. The second kappa shape index (κ2) is 5.42. The van der Waals surface area contributed by atoms with Crippen molar-refractivity contribution in [2.24, 2.45) is 0 Å². The molecule has 3 nitrogen and oxygen atoms in total. The topological polar surface area (TPSA) is 46.5 Å². The minimum Gasteiger partial charge on any atom is -0.508 e. The van der Waals surface area contributed by atoms with Crippen LogP contribution in [0, 0.1) is 0 Å². The van der Waals surface area contributed by atoms with Crippen molar-refractivity contribution in [2.75, 3.05) is 0 Å². The van der Waals surface area contributed by atoms with Gasteiger partial charge in [0.15, 0.2) is 0 Å². The van der Waals surface area contributed by atoms with Gasteiger partial charge in [0, 0.05) is 5.56 Å². The molecule has 0 aromatic heterocycles. The molecule has 0 bridgehead atoms. The molecule has 100 valence electrons. The Labute approximate surface area is 109 Å². The fraction of sp³-hybridized carbons (Fsp3) is 0.533. The molecule has 18 heavy (non-hydrogen) atoms. The first kappa shape index (κ1) is 14.6. The van der Waals surface area contributed by atoms with E-state index in [1.807, 2.05) is 26.0 Å². The molecule has 0 aliphatic rings. The van der Waals surface area contributed by atoms with Crippen LogP contribution in [0.1, 0.15) is 45.7 Å². The zero-order chi connectivity index (χ0) is 13.9. The summed E-state index contributed by atoms with van der Waals surface area (Å²) in [6, 6.07) is 5.39. The molecule has 0 amide bonds. The van der Waals surface area contributed by atoms with E-state index in [-0.39, 0.29) is 29.7 Å². The Morgan fingerprint density at radius 3 is 2.44 bits per heavy atom. The molecule has 0 saturated heterocycles. The van der Waals surface area contributed by atoms with Gasteiger partial charge in [-0.15, -0.1) is 0 Å². The molecular weight excluding hydrogens is 228 g/mol. The third-order valence-electron chi connectivity index (χ3n) is 2.65. The van der Waals surface area contributed by atoms with E-state index < -0.39 is 0 Å². The van der Waals surface area contributed by atoms with Gasteiger partial charge in [-0.25, -0.2) is 0 Å². The van der Waals surface area contributed by atoms with Crippen molar-refractivity contribution in [1.82, 2.24) is 0 Å². The summed E-state index contributed by atoms with van der Waals surface area (Å²) in [6.07, 6.45) is -0.0288. The number of carbonyl (C=O) groups is 1. The van der Waals surface area contributed by atoms with Crippen LogP contribution in [-0.4, -0.2) is 17.2 Å². The van der Waals surface area contributed by atoms with E-state index >= 15 is 0 Å². The zero-order valence-electron chi connectivity index (χ0n) is 11.8. The van der Waals surface area contributed by atoms with E-state index in [1.165, 1.54) is 0 Å². The second-order valence-corrected chi connectivity index (χ2v) is 5.81. The van der Waals surface area contributed by atoms with E-state index in [1.54, 1.807) is 6.07 Å². The number of phenolic OH excluding ortho intramolecular Hbond substituents is 1. The molecule has 0 radical (unpaired) electrons. The normalized spacial score (nSPS) is 11.7. The van der Waals surface area contributed by atoms with Crippen molar-refractivity contribution >= 4 is 5.97 Å². The molecule has 0 spiro atoms. The summed E-state index contributed by atoms with van der Waals surface area (Å²) in [6.45, 7) is 9.90. The first-order chi connectivity index (χ1) is 8.20. The lowest BCUT2D eigenvalue weighted by atomic mass is 9.86. The van der Waals surface area contributed by atoms with Gasteiger partial charge in [0.25, 0.3) is 0 Å². The maximum atomic E-state index is 11.6. The molecule has 1 aromatic rings. The van der Waals surface area contributed by atoms with E-state index in [9.17, 15) is 9.90 Å². The Morgan fingerprint density at radius 2 is 1.94 bits per heavy atom. The van der Waals surface area contributed by atoms with Crippen LogP contribution in [0.4, 0.5) is 0 Å². The molecule has 3 heteroatoms. The van der Waals surface area contributed by atoms with Gasteiger partial charge >= 0.3 is 5.97 Å².